The van der Waals surface area contributed by atoms with Crippen LogP contribution in [0.5, 0.6) is 0 Å². The second kappa shape index (κ2) is 6.50. The molecule has 3 N–H and O–H groups in total. The van der Waals surface area contributed by atoms with Crippen molar-refractivity contribution in [1.29, 1.82) is 0 Å². The number of thioether (sulfide) groups is 1. The molecule has 21 heavy (non-hydrogen) atoms. The van der Waals surface area contributed by atoms with E-state index in [4.69, 9.17) is 18.0 Å². The fourth-order valence-electron chi connectivity index (χ4n) is 2.57. The number of benzene rings is 2. The summed E-state index contributed by atoms with van der Waals surface area (Å²) in [6.45, 7) is 6.33. The molecule has 0 heterocycles. The maximum atomic E-state index is 5.92. The van der Waals surface area contributed by atoms with Crippen molar-refractivity contribution in [2.24, 2.45) is 5.73 Å². The Hall–Kier alpha value is -1.52. The lowest BCUT2D eigenvalue weighted by Crippen LogP contribution is -2.13. The molecule has 0 unspecified atom stereocenters. The smallest absolute Gasteiger partial charge is 0.107 e. The lowest BCUT2D eigenvalue weighted by Gasteiger charge is -2.18. The molecule has 0 radical (unpaired) electrons. The highest BCUT2D eigenvalue weighted by molar-refractivity contribution is 7.98. The molecule has 0 spiro atoms. The van der Waals surface area contributed by atoms with Crippen LogP contribution in [0.4, 0.5) is 11.4 Å². The molecule has 0 bridgehead atoms. The first-order valence-electron chi connectivity index (χ1n) is 6.75. The lowest BCUT2D eigenvalue weighted by molar-refractivity contribution is 1.30. The summed E-state index contributed by atoms with van der Waals surface area (Å²) in [6.07, 6.45) is 2.03. The topological polar surface area (TPSA) is 38.0 Å². The highest BCUT2D eigenvalue weighted by Gasteiger charge is 2.12. The number of rotatable bonds is 4. The van der Waals surface area contributed by atoms with Gasteiger partial charge in [-0.1, -0.05) is 36.0 Å². The number of nitrogens with two attached hydrogens (primary N) is 1. The number of anilines is 2. The monoisotopic (exact) mass is 316 g/mol. The Kier molecular flexibility index (Phi) is 4.91. The van der Waals surface area contributed by atoms with E-state index in [2.05, 4.69) is 38.2 Å². The number of aryl methyl sites for hydroxylation is 3. The van der Waals surface area contributed by atoms with Crippen molar-refractivity contribution in [2.75, 3.05) is 11.6 Å². The van der Waals surface area contributed by atoms with Crippen molar-refractivity contribution in [1.82, 2.24) is 0 Å². The number of hydrogen-bond donors (Lipinski definition) is 2. The Morgan fingerprint density at radius 3 is 2.29 bits per heavy atom. The SMILES string of the molecule is CSc1cccc(Nc2c(C)cc(C)cc2C)c1C(N)=S. The zero-order chi connectivity index (χ0) is 15.6. The molecule has 0 aliphatic carbocycles. The average Bonchev–Trinajstić information content (AvgIpc) is 2.42. The van der Waals surface area contributed by atoms with Crippen LogP contribution in [0.1, 0.15) is 22.3 Å². The third kappa shape index (κ3) is 3.39. The van der Waals surface area contributed by atoms with Crippen LogP contribution in [0.3, 0.4) is 0 Å². The van der Waals surface area contributed by atoms with Crippen LogP contribution in [0.2, 0.25) is 0 Å². The molecule has 2 aromatic rings. The molecule has 110 valence electrons. The van der Waals surface area contributed by atoms with E-state index in [1.165, 1.54) is 16.7 Å². The molecule has 2 rings (SSSR count). The van der Waals surface area contributed by atoms with Gasteiger partial charge in [0.15, 0.2) is 0 Å². The summed E-state index contributed by atoms with van der Waals surface area (Å²) in [6, 6.07) is 10.4. The third-order valence-electron chi connectivity index (χ3n) is 3.43. The van der Waals surface area contributed by atoms with Gasteiger partial charge in [-0.15, -0.1) is 11.8 Å². The highest BCUT2D eigenvalue weighted by Crippen LogP contribution is 2.32. The van der Waals surface area contributed by atoms with E-state index in [1.807, 2.05) is 24.5 Å². The molecular formula is C17H20N2S2. The summed E-state index contributed by atoms with van der Waals surface area (Å²) in [4.78, 5) is 1.51. The van der Waals surface area contributed by atoms with E-state index in [1.54, 1.807) is 11.8 Å². The first-order chi connectivity index (χ1) is 9.93. The maximum absolute atomic E-state index is 5.92. The van der Waals surface area contributed by atoms with Crippen molar-refractivity contribution in [3.8, 4) is 0 Å². The molecule has 2 nitrogen and oxygen atoms in total. The van der Waals surface area contributed by atoms with Crippen molar-refractivity contribution >= 4 is 40.3 Å². The normalized spacial score (nSPS) is 10.5. The van der Waals surface area contributed by atoms with Crippen LogP contribution >= 0.6 is 24.0 Å². The summed E-state index contributed by atoms with van der Waals surface area (Å²) in [5, 5.41) is 3.51. The minimum absolute atomic E-state index is 0.421. The van der Waals surface area contributed by atoms with Gasteiger partial charge in [0.05, 0.1) is 0 Å². The van der Waals surface area contributed by atoms with Crippen LogP contribution in [0, 0.1) is 20.8 Å². The van der Waals surface area contributed by atoms with E-state index >= 15 is 0 Å². The van der Waals surface area contributed by atoms with Gasteiger partial charge in [0, 0.05) is 21.8 Å². The molecule has 0 aliphatic rings. The molecule has 0 saturated carbocycles. The first kappa shape index (κ1) is 15.9. The van der Waals surface area contributed by atoms with Crippen molar-refractivity contribution in [3.05, 3.63) is 52.6 Å². The van der Waals surface area contributed by atoms with Crippen LogP contribution in [0.25, 0.3) is 0 Å². The summed E-state index contributed by atoms with van der Waals surface area (Å²) in [7, 11) is 0. The van der Waals surface area contributed by atoms with E-state index in [-0.39, 0.29) is 0 Å². The van der Waals surface area contributed by atoms with Crippen molar-refractivity contribution in [2.45, 2.75) is 25.7 Å². The lowest BCUT2D eigenvalue weighted by atomic mass is 10.0. The van der Waals surface area contributed by atoms with E-state index in [0.29, 0.717) is 4.99 Å². The predicted molar refractivity (Wildman–Crippen MR) is 98.0 cm³/mol. The Morgan fingerprint density at radius 2 is 1.76 bits per heavy atom. The molecule has 0 aliphatic heterocycles. The summed E-state index contributed by atoms with van der Waals surface area (Å²) >= 11 is 6.88. The minimum atomic E-state index is 0.421. The number of nitrogens with one attached hydrogen (secondary N) is 1. The maximum Gasteiger partial charge on any atom is 0.107 e. The van der Waals surface area contributed by atoms with Gasteiger partial charge in [0.2, 0.25) is 0 Å². The standard InChI is InChI=1S/C17H20N2S2/c1-10-8-11(2)16(12(3)9-10)19-13-6-5-7-14(21-4)15(13)17(18)20/h5-9,19H,1-4H3,(H2,18,20). The molecule has 0 amide bonds. The number of thiocarbonyl (C=S) groups is 1. The first-order valence-corrected chi connectivity index (χ1v) is 8.39. The fourth-order valence-corrected chi connectivity index (χ4v) is 3.49. The van der Waals surface area contributed by atoms with Gasteiger partial charge in [0.1, 0.15) is 4.99 Å². The largest absolute Gasteiger partial charge is 0.389 e. The van der Waals surface area contributed by atoms with Crippen LogP contribution in [-0.4, -0.2) is 11.2 Å². The Morgan fingerprint density at radius 1 is 1.14 bits per heavy atom. The van der Waals surface area contributed by atoms with Gasteiger partial charge in [0.25, 0.3) is 0 Å². The molecule has 2 aromatic carbocycles. The van der Waals surface area contributed by atoms with Gasteiger partial charge >= 0.3 is 0 Å². The fraction of sp³-hybridized carbons (Fsp3) is 0.235. The summed E-state index contributed by atoms with van der Waals surface area (Å²) in [5.41, 5.74) is 12.6. The molecule has 0 atom stereocenters. The molecule has 0 aromatic heterocycles. The second-order valence-corrected chi connectivity index (χ2v) is 6.43. The molecule has 4 heteroatoms. The van der Waals surface area contributed by atoms with E-state index < -0.39 is 0 Å². The van der Waals surface area contributed by atoms with Gasteiger partial charge in [-0.25, -0.2) is 0 Å². The molecule has 0 fully saturated rings. The quantitative estimate of drug-likeness (QED) is 0.633. The van der Waals surface area contributed by atoms with Gasteiger partial charge < -0.3 is 11.1 Å². The third-order valence-corrected chi connectivity index (χ3v) is 4.41. The Bertz CT molecular complexity index is 670. The van der Waals surface area contributed by atoms with Gasteiger partial charge in [-0.05, 0) is 50.3 Å². The zero-order valence-corrected chi connectivity index (χ0v) is 14.4. The van der Waals surface area contributed by atoms with Crippen LogP contribution < -0.4 is 11.1 Å². The van der Waals surface area contributed by atoms with E-state index in [0.717, 1.165) is 21.8 Å². The highest BCUT2D eigenvalue weighted by atomic mass is 32.2. The Labute approximate surface area is 136 Å². The van der Waals surface area contributed by atoms with Crippen LogP contribution in [-0.2, 0) is 0 Å². The summed E-state index contributed by atoms with van der Waals surface area (Å²) < 4.78 is 0. The van der Waals surface area contributed by atoms with Crippen molar-refractivity contribution in [3.63, 3.8) is 0 Å². The molecule has 0 saturated heterocycles. The number of hydrogen-bond acceptors (Lipinski definition) is 3. The van der Waals surface area contributed by atoms with Crippen LogP contribution in [0.15, 0.2) is 35.2 Å². The van der Waals surface area contributed by atoms with Crippen molar-refractivity contribution < 1.29 is 0 Å². The predicted octanol–water partition coefficient (Wildman–Crippen LogP) is 4.71. The summed E-state index contributed by atoms with van der Waals surface area (Å²) in [5.74, 6) is 0. The van der Waals surface area contributed by atoms with E-state index in [9.17, 15) is 0 Å². The van der Waals surface area contributed by atoms with Gasteiger partial charge in [-0.3, -0.25) is 0 Å². The average molecular weight is 316 g/mol. The molecular weight excluding hydrogens is 296 g/mol. The minimum Gasteiger partial charge on any atom is -0.389 e. The second-order valence-electron chi connectivity index (χ2n) is 5.15. The Balaban J connectivity index is 2.52. The van der Waals surface area contributed by atoms with Gasteiger partial charge in [-0.2, -0.15) is 0 Å². The zero-order valence-electron chi connectivity index (χ0n) is 12.8.